The lowest BCUT2D eigenvalue weighted by Gasteiger charge is -2.27. The third-order valence-corrected chi connectivity index (χ3v) is 9.64. The zero-order valence-electron chi connectivity index (χ0n) is 18.8. The Morgan fingerprint density at radius 1 is 0.800 bits per heavy atom. The Hall–Kier alpha value is -1.48. The molecule has 30 heavy (non-hydrogen) atoms. The highest BCUT2D eigenvalue weighted by atomic mass is 28.3. The summed E-state index contributed by atoms with van der Waals surface area (Å²) < 4.78 is 29.3. The van der Waals surface area contributed by atoms with E-state index in [1.165, 1.54) is 56.7 Å². The third kappa shape index (κ3) is 6.51. The predicted molar refractivity (Wildman–Crippen MR) is 127 cm³/mol. The van der Waals surface area contributed by atoms with Crippen molar-refractivity contribution in [2.45, 2.75) is 89.8 Å². The molecule has 1 aliphatic rings. The van der Waals surface area contributed by atoms with Crippen LogP contribution in [0.25, 0.3) is 11.1 Å². The Balaban J connectivity index is 1.53. The molecule has 1 heterocycles. The highest BCUT2D eigenvalue weighted by Gasteiger charge is 2.22. The molecule has 2 aromatic carbocycles. The molecule has 0 saturated carbocycles. The molecule has 0 nitrogen and oxygen atoms in total. The minimum absolute atomic E-state index is 0.282. The average molecular weight is 428 g/mol. The highest BCUT2D eigenvalue weighted by molar-refractivity contribution is 6.59. The maximum Gasteiger partial charge on any atom is 0.131 e. The molecule has 3 rings (SSSR count). The lowest BCUT2D eigenvalue weighted by molar-refractivity contribution is 0.416. The van der Waals surface area contributed by atoms with Gasteiger partial charge in [-0.05, 0) is 42.0 Å². The van der Waals surface area contributed by atoms with Gasteiger partial charge in [-0.1, -0.05) is 101 Å². The van der Waals surface area contributed by atoms with Crippen molar-refractivity contribution < 1.29 is 8.78 Å². The summed E-state index contributed by atoms with van der Waals surface area (Å²) in [5.41, 5.74) is 2.77. The van der Waals surface area contributed by atoms with Crippen LogP contribution in [0.2, 0.25) is 18.1 Å². The molecule has 2 aromatic rings. The standard InChI is InChI=1S/C27H37F2Si/c1-3-5-6-8-21-13-16-30(17-14-21)18-15-23-10-12-25(27(29)20-23)24-11-9-22(7-4-2)19-26(24)28/h9-12,19-21H,3-8,13-18H2,1-2H3. The molecule has 1 radical (unpaired) electrons. The molecule has 0 unspecified atom stereocenters. The van der Waals surface area contributed by atoms with Crippen molar-refractivity contribution in [2.75, 3.05) is 0 Å². The van der Waals surface area contributed by atoms with Crippen molar-refractivity contribution in [3.05, 3.63) is 59.2 Å². The molecule has 0 atom stereocenters. The van der Waals surface area contributed by atoms with Gasteiger partial charge in [0.2, 0.25) is 0 Å². The first-order chi connectivity index (χ1) is 14.6. The third-order valence-electron chi connectivity index (χ3n) is 6.69. The number of halogens is 2. The molecule has 0 amide bonds. The fourth-order valence-corrected chi connectivity index (χ4v) is 7.81. The van der Waals surface area contributed by atoms with Gasteiger partial charge in [0.1, 0.15) is 11.6 Å². The lowest BCUT2D eigenvalue weighted by atomic mass is 9.96. The van der Waals surface area contributed by atoms with Crippen LogP contribution in [0.5, 0.6) is 0 Å². The second kappa shape index (κ2) is 11.8. The number of benzene rings is 2. The van der Waals surface area contributed by atoms with Gasteiger partial charge < -0.3 is 0 Å². The van der Waals surface area contributed by atoms with Crippen molar-refractivity contribution in [3.63, 3.8) is 0 Å². The van der Waals surface area contributed by atoms with E-state index in [1.54, 1.807) is 24.3 Å². The Morgan fingerprint density at radius 2 is 1.40 bits per heavy atom. The fraction of sp³-hybridized carbons (Fsp3) is 0.556. The van der Waals surface area contributed by atoms with Crippen LogP contribution in [-0.2, 0) is 12.8 Å². The van der Waals surface area contributed by atoms with Gasteiger partial charge in [-0.2, -0.15) is 0 Å². The van der Waals surface area contributed by atoms with Gasteiger partial charge in [0.15, 0.2) is 0 Å². The average Bonchev–Trinajstić information content (AvgIpc) is 2.74. The number of unbranched alkanes of at least 4 members (excludes halogenated alkanes) is 2. The van der Waals surface area contributed by atoms with Crippen molar-refractivity contribution in [1.82, 2.24) is 0 Å². The van der Waals surface area contributed by atoms with Crippen molar-refractivity contribution in [2.24, 2.45) is 5.92 Å². The molecule has 0 N–H and O–H groups in total. The van der Waals surface area contributed by atoms with E-state index >= 15 is 0 Å². The minimum atomic E-state index is -0.325. The Bertz CT molecular complexity index is 793. The molecule has 1 fully saturated rings. The highest BCUT2D eigenvalue weighted by Crippen LogP contribution is 2.32. The zero-order valence-corrected chi connectivity index (χ0v) is 19.8. The van der Waals surface area contributed by atoms with Gasteiger partial charge in [0, 0.05) is 19.9 Å². The van der Waals surface area contributed by atoms with Crippen LogP contribution in [0, 0.1) is 17.6 Å². The van der Waals surface area contributed by atoms with E-state index < -0.39 is 0 Å². The van der Waals surface area contributed by atoms with Crippen molar-refractivity contribution in [1.29, 1.82) is 0 Å². The van der Waals surface area contributed by atoms with Crippen molar-refractivity contribution in [3.8, 4) is 11.1 Å². The largest absolute Gasteiger partial charge is 0.206 e. The van der Waals surface area contributed by atoms with Gasteiger partial charge in [0.05, 0.1) is 0 Å². The summed E-state index contributed by atoms with van der Waals surface area (Å²) in [5, 5.41) is 0. The second-order valence-corrected chi connectivity index (χ2v) is 12.1. The summed E-state index contributed by atoms with van der Waals surface area (Å²) in [4.78, 5) is 0. The summed E-state index contributed by atoms with van der Waals surface area (Å²) >= 11 is 0. The van der Waals surface area contributed by atoms with Gasteiger partial charge in [0.25, 0.3) is 0 Å². The predicted octanol–water partition coefficient (Wildman–Crippen LogP) is 8.61. The molecule has 1 saturated heterocycles. The van der Waals surface area contributed by atoms with Gasteiger partial charge in [-0.25, -0.2) is 8.78 Å². The lowest BCUT2D eigenvalue weighted by Crippen LogP contribution is -2.21. The van der Waals surface area contributed by atoms with E-state index in [4.69, 9.17) is 0 Å². The first kappa shape index (κ1) is 23.2. The van der Waals surface area contributed by atoms with E-state index in [0.717, 1.165) is 36.3 Å². The Kier molecular flexibility index (Phi) is 9.11. The van der Waals surface area contributed by atoms with Gasteiger partial charge >= 0.3 is 0 Å². The fourth-order valence-electron chi connectivity index (χ4n) is 4.78. The quantitative estimate of drug-likeness (QED) is 0.263. The Morgan fingerprint density at radius 3 is 1.93 bits per heavy atom. The molecule has 0 bridgehead atoms. The van der Waals surface area contributed by atoms with E-state index in [9.17, 15) is 8.78 Å². The van der Waals surface area contributed by atoms with Crippen LogP contribution >= 0.6 is 0 Å². The number of hydrogen-bond acceptors (Lipinski definition) is 0. The van der Waals surface area contributed by atoms with Gasteiger partial charge in [-0.3, -0.25) is 0 Å². The molecule has 0 aromatic heterocycles. The summed E-state index contributed by atoms with van der Waals surface area (Å²) in [5.74, 6) is 0.334. The molecule has 0 spiro atoms. The van der Waals surface area contributed by atoms with E-state index in [2.05, 4.69) is 13.8 Å². The van der Waals surface area contributed by atoms with E-state index in [1.807, 2.05) is 12.1 Å². The molecule has 163 valence electrons. The van der Waals surface area contributed by atoms with E-state index in [0.29, 0.717) is 11.1 Å². The molecule has 0 aliphatic carbocycles. The van der Waals surface area contributed by atoms with E-state index in [-0.39, 0.29) is 20.4 Å². The molecule has 1 aliphatic heterocycles. The van der Waals surface area contributed by atoms with Crippen LogP contribution in [0.4, 0.5) is 8.78 Å². The second-order valence-electron chi connectivity index (χ2n) is 9.07. The van der Waals surface area contributed by atoms with Crippen LogP contribution in [0.1, 0.15) is 69.9 Å². The molecule has 3 heteroatoms. The van der Waals surface area contributed by atoms with Crippen molar-refractivity contribution >= 4 is 8.80 Å². The van der Waals surface area contributed by atoms with Crippen LogP contribution in [0.3, 0.4) is 0 Å². The SMILES string of the molecule is CCCCCC1CC[Si](CCc2ccc(-c3ccc(CCC)cc3F)c(F)c2)CC1. The summed E-state index contributed by atoms with van der Waals surface area (Å²) in [7, 11) is -0.282. The number of rotatable bonds is 10. The monoisotopic (exact) mass is 427 g/mol. The van der Waals surface area contributed by atoms with Crippen LogP contribution in [-0.4, -0.2) is 8.80 Å². The van der Waals surface area contributed by atoms with Crippen LogP contribution in [0.15, 0.2) is 36.4 Å². The normalized spacial score (nSPS) is 15.6. The molecular weight excluding hydrogens is 390 g/mol. The topological polar surface area (TPSA) is 0 Å². The first-order valence-electron chi connectivity index (χ1n) is 12.0. The number of hydrogen-bond donors (Lipinski definition) is 0. The number of aryl methyl sites for hydroxylation is 2. The maximum absolute atomic E-state index is 14.8. The maximum atomic E-state index is 14.8. The minimum Gasteiger partial charge on any atom is -0.206 e. The van der Waals surface area contributed by atoms with Crippen LogP contribution < -0.4 is 0 Å². The van der Waals surface area contributed by atoms with Gasteiger partial charge in [-0.15, -0.1) is 0 Å². The summed E-state index contributed by atoms with van der Waals surface area (Å²) in [6, 6.07) is 14.7. The summed E-state index contributed by atoms with van der Waals surface area (Å²) in [6.45, 7) is 4.35. The smallest absolute Gasteiger partial charge is 0.131 e. The summed E-state index contributed by atoms with van der Waals surface area (Å²) in [6.07, 6.45) is 11.1. The first-order valence-corrected chi connectivity index (χ1v) is 14.1. The zero-order chi connectivity index (χ0) is 21.3. The molecular formula is C27H37F2Si. The Labute approximate surface area is 183 Å².